The molecule has 10 heterocycles. The zero-order chi connectivity index (χ0) is 48.9. The number of aryl methyl sites for hydroxylation is 2. The van der Waals surface area contributed by atoms with E-state index in [4.69, 9.17) is 39.9 Å². The van der Waals surface area contributed by atoms with E-state index in [9.17, 15) is 0 Å². The van der Waals surface area contributed by atoms with Crippen LogP contribution < -0.4 is 9.80 Å². The van der Waals surface area contributed by atoms with Crippen molar-refractivity contribution < 1.29 is 4.79 Å². The Labute approximate surface area is 416 Å². The number of nitrogens with zero attached hydrogens (tertiary/aromatic N) is 12. The summed E-state index contributed by atoms with van der Waals surface area (Å²) in [4.78, 5) is 70.2. The van der Waals surface area contributed by atoms with Crippen LogP contribution in [-0.4, -0.2) is 132 Å². The first-order valence-electron chi connectivity index (χ1n) is 24.4. The molecule has 0 amide bonds. The lowest BCUT2D eigenvalue weighted by atomic mass is 9.93. The van der Waals surface area contributed by atoms with E-state index in [0.29, 0.717) is 34.2 Å². The van der Waals surface area contributed by atoms with Crippen LogP contribution in [0.4, 0.5) is 11.4 Å². The van der Waals surface area contributed by atoms with Gasteiger partial charge in [0.05, 0.1) is 11.4 Å². The van der Waals surface area contributed by atoms with Crippen LogP contribution in [0.1, 0.15) is 27.3 Å². The van der Waals surface area contributed by atoms with Crippen LogP contribution >= 0.6 is 0 Å². The molecular formula is C57H52N14O. The van der Waals surface area contributed by atoms with Gasteiger partial charge in [0, 0.05) is 156 Å². The highest BCUT2D eigenvalue weighted by Gasteiger charge is 2.27. The lowest BCUT2D eigenvalue weighted by Crippen LogP contribution is -2.45. The molecule has 2 fully saturated rings. The minimum Gasteiger partial charge on any atom is -0.368 e. The van der Waals surface area contributed by atoms with E-state index in [1.54, 1.807) is 0 Å². The number of nitrogens with one attached hydrogen (secondary N) is 2. The molecule has 2 N–H and O–H groups in total. The van der Waals surface area contributed by atoms with E-state index in [1.807, 2.05) is 112 Å². The third-order valence-corrected chi connectivity index (χ3v) is 13.9. The third kappa shape index (κ3) is 8.62. The van der Waals surface area contributed by atoms with Crippen LogP contribution in [0.15, 0.2) is 134 Å². The Morgan fingerprint density at radius 1 is 0.458 bits per heavy atom. The molecule has 0 unspecified atom stereocenters. The van der Waals surface area contributed by atoms with Gasteiger partial charge < -0.3 is 29.6 Å². The zero-order valence-corrected chi connectivity index (χ0v) is 40.6. The van der Waals surface area contributed by atoms with Crippen molar-refractivity contribution in [2.75, 3.05) is 76.3 Å². The second-order valence-electron chi connectivity index (χ2n) is 18.9. The fraction of sp³-hybridized carbons (Fsp3) is 0.211. The van der Waals surface area contributed by atoms with Gasteiger partial charge >= 0.3 is 0 Å². The highest BCUT2D eigenvalue weighted by Crippen LogP contribution is 2.38. The van der Waals surface area contributed by atoms with Crippen molar-refractivity contribution in [2.45, 2.75) is 13.8 Å². The van der Waals surface area contributed by atoms with Crippen LogP contribution in [-0.2, 0) is 0 Å². The average Bonchev–Trinajstić information content (AvgIpc) is 4.11. The SMILES string of the molecule is Cc1cccc(-c2nc(-c3cncc(-c4ccc(C(=O)c5ccc(-c6cncc(-c7nc(-c8cccc(C)n8)nc8[nH]ccc78)c6)cc5N5CCN(C)CC5)c(N5CCN(C)CC5)c4)c3)c3cc[nH]c3n2)n1. The fourth-order valence-corrected chi connectivity index (χ4v) is 9.91. The predicted octanol–water partition coefficient (Wildman–Crippen LogP) is 9.16. The molecule has 0 atom stereocenters. The Kier molecular flexibility index (Phi) is 11.6. The molecule has 2 saturated heterocycles. The molecule has 12 rings (SSSR count). The molecule has 2 aliphatic heterocycles. The molecule has 2 aliphatic rings. The maximum absolute atomic E-state index is 15.5. The molecular weight excluding hydrogens is 897 g/mol. The summed E-state index contributed by atoms with van der Waals surface area (Å²) in [5, 5.41) is 1.79. The van der Waals surface area contributed by atoms with E-state index in [1.165, 1.54) is 0 Å². The summed E-state index contributed by atoms with van der Waals surface area (Å²) in [5.74, 6) is 1.06. The molecule has 2 aromatic carbocycles. The van der Waals surface area contributed by atoms with Gasteiger partial charge in [0.15, 0.2) is 17.4 Å². The lowest BCUT2D eigenvalue weighted by Gasteiger charge is -2.36. The smallest absolute Gasteiger partial charge is 0.197 e. The summed E-state index contributed by atoms with van der Waals surface area (Å²) in [6.07, 6.45) is 11.2. The van der Waals surface area contributed by atoms with Gasteiger partial charge in [-0.15, -0.1) is 0 Å². The Morgan fingerprint density at radius 2 is 0.889 bits per heavy atom. The number of H-pyrrole nitrogens is 2. The Balaban J connectivity index is 0.926. The monoisotopic (exact) mass is 948 g/mol. The number of piperazine rings is 2. The third-order valence-electron chi connectivity index (χ3n) is 13.9. The fourth-order valence-electron chi connectivity index (χ4n) is 9.91. The average molecular weight is 949 g/mol. The molecule has 0 spiro atoms. The number of rotatable bonds is 10. The van der Waals surface area contributed by atoms with E-state index in [-0.39, 0.29) is 5.78 Å². The minimum atomic E-state index is -0.0176. The highest BCUT2D eigenvalue weighted by atomic mass is 16.1. The molecule has 0 aliphatic carbocycles. The summed E-state index contributed by atoms with van der Waals surface area (Å²) in [7, 11) is 4.30. The van der Waals surface area contributed by atoms with Gasteiger partial charge in [-0.05, 0) is 112 Å². The Morgan fingerprint density at radius 3 is 1.32 bits per heavy atom. The number of fused-ring (bicyclic) bond motifs is 2. The summed E-state index contributed by atoms with van der Waals surface area (Å²) in [6.45, 7) is 10.6. The van der Waals surface area contributed by atoms with Crippen LogP contribution in [0.5, 0.6) is 0 Å². The molecule has 8 aromatic heterocycles. The number of hydrogen-bond acceptors (Lipinski definition) is 13. The normalized spacial score (nSPS) is 14.7. The molecule has 15 heteroatoms. The molecule has 0 saturated carbocycles. The van der Waals surface area contributed by atoms with E-state index < -0.39 is 0 Å². The Bertz CT molecular complexity index is 3440. The predicted molar refractivity (Wildman–Crippen MR) is 284 cm³/mol. The van der Waals surface area contributed by atoms with Crippen LogP contribution in [0.25, 0.3) is 89.9 Å². The van der Waals surface area contributed by atoms with Crippen molar-refractivity contribution in [2.24, 2.45) is 0 Å². The maximum atomic E-state index is 15.5. The number of pyridine rings is 4. The quantitative estimate of drug-likeness (QED) is 0.125. The second-order valence-corrected chi connectivity index (χ2v) is 18.9. The van der Waals surface area contributed by atoms with E-state index in [0.717, 1.165) is 142 Å². The van der Waals surface area contributed by atoms with Crippen molar-refractivity contribution in [3.05, 3.63) is 157 Å². The zero-order valence-electron chi connectivity index (χ0n) is 40.6. The molecule has 15 nitrogen and oxygen atoms in total. The van der Waals surface area contributed by atoms with Gasteiger partial charge in [0.25, 0.3) is 0 Å². The topological polar surface area (TPSA) is 165 Å². The van der Waals surface area contributed by atoms with Crippen LogP contribution in [0.2, 0.25) is 0 Å². The second kappa shape index (κ2) is 18.7. The van der Waals surface area contributed by atoms with Crippen molar-refractivity contribution >= 4 is 39.2 Å². The molecule has 0 bridgehead atoms. The molecule has 72 heavy (non-hydrogen) atoms. The number of aromatic amines is 2. The number of carbonyl (C=O) groups excluding carboxylic acids is 1. The van der Waals surface area contributed by atoms with E-state index >= 15 is 4.79 Å². The molecule has 0 radical (unpaired) electrons. The lowest BCUT2D eigenvalue weighted by molar-refractivity contribution is 0.103. The number of benzene rings is 2. The molecule has 10 aromatic rings. The first kappa shape index (κ1) is 44.7. The highest BCUT2D eigenvalue weighted by molar-refractivity contribution is 6.16. The first-order chi connectivity index (χ1) is 35.2. The van der Waals surface area contributed by atoms with Crippen LogP contribution in [0, 0.1) is 13.8 Å². The summed E-state index contributed by atoms with van der Waals surface area (Å²) in [5.41, 5.74) is 14.8. The van der Waals surface area contributed by atoms with Gasteiger partial charge in [-0.3, -0.25) is 14.8 Å². The minimum absolute atomic E-state index is 0.0176. The number of likely N-dealkylation sites (N-methyl/N-ethyl adjacent to an activating group) is 2. The van der Waals surface area contributed by atoms with E-state index in [2.05, 4.69) is 80.1 Å². The van der Waals surface area contributed by atoms with Gasteiger partial charge in [0.2, 0.25) is 0 Å². The summed E-state index contributed by atoms with van der Waals surface area (Å²) in [6, 6.07) is 32.4. The van der Waals surface area contributed by atoms with Crippen molar-refractivity contribution in [3.63, 3.8) is 0 Å². The number of hydrogen-bond donors (Lipinski definition) is 2. The summed E-state index contributed by atoms with van der Waals surface area (Å²) >= 11 is 0. The molecule has 356 valence electrons. The van der Waals surface area contributed by atoms with Gasteiger partial charge in [-0.25, -0.2) is 29.9 Å². The van der Waals surface area contributed by atoms with Crippen molar-refractivity contribution in [3.8, 4) is 67.8 Å². The van der Waals surface area contributed by atoms with Crippen molar-refractivity contribution in [1.82, 2.24) is 59.6 Å². The van der Waals surface area contributed by atoms with Gasteiger partial charge in [-0.1, -0.05) is 24.3 Å². The largest absolute Gasteiger partial charge is 0.368 e. The number of carbonyl (C=O) groups is 1. The van der Waals surface area contributed by atoms with Gasteiger partial charge in [0.1, 0.15) is 22.7 Å². The number of ketones is 1. The maximum Gasteiger partial charge on any atom is 0.197 e. The number of aromatic nitrogens is 10. The first-order valence-corrected chi connectivity index (χ1v) is 24.4. The van der Waals surface area contributed by atoms with Crippen LogP contribution in [0.3, 0.4) is 0 Å². The summed E-state index contributed by atoms with van der Waals surface area (Å²) < 4.78 is 0. The standard InChI is InChI=1S/C57H52N14O/c1-35-7-5-9-47(62-35)56-64-51(45-15-17-60-54(45)66-56)41-27-39(31-58-33-41)37-11-13-43(49(29-37)70-23-19-68(3)20-24-70)53(72)44-14-12-38(30-50(44)71-25-21-69(4)22-26-71)40-28-42(34-59-32-40)52-46-16-18-61-55(46)67-57(65-52)48-10-6-8-36(2)63-48/h5-18,27-34H,19-26H2,1-4H3,(H,60,64,66)(H,61,65,67). The van der Waals surface area contributed by atoms with Gasteiger partial charge in [-0.2, -0.15) is 0 Å². The van der Waals surface area contributed by atoms with Crippen molar-refractivity contribution in [1.29, 1.82) is 0 Å². The number of anilines is 2. The Hall–Kier alpha value is -8.53.